The molecule has 116 valence electrons. The van der Waals surface area contributed by atoms with Crippen LogP contribution in [0.3, 0.4) is 0 Å². The molecule has 0 bridgehead atoms. The first-order chi connectivity index (χ1) is 10.5. The summed E-state index contributed by atoms with van der Waals surface area (Å²) >= 11 is 0. The Bertz CT molecular complexity index is 593. The maximum atomic E-state index is 12.0. The van der Waals surface area contributed by atoms with Crippen molar-refractivity contribution in [2.24, 2.45) is 5.73 Å². The van der Waals surface area contributed by atoms with Gasteiger partial charge in [0.05, 0.1) is 0 Å². The fourth-order valence-electron chi connectivity index (χ4n) is 2.38. The molecule has 3 N–H and O–H groups in total. The van der Waals surface area contributed by atoms with E-state index in [9.17, 15) is 4.79 Å². The third-order valence-electron chi connectivity index (χ3n) is 3.40. The van der Waals surface area contributed by atoms with E-state index in [4.69, 9.17) is 5.73 Å². The van der Waals surface area contributed by atoms with Gasteiger partial charge >= 0.3 is 0 Å². The van der Waals surface area contributed by atoms with Crippen molar-refractivity contribution in [3.05, 3.63) is 65.5 Å². The standard InChI is InChI=1S/C18H23N3O/c1-13(19)11-15-6-8-16(9-7-15)12-14(2)21-18(22)17-5-3-4-10-20-17/h3-10,13-14H,11-12,19H2,1-2H3,(H,21,22)/t13-,14-/m0/s1. The molecule has 0 saturated carbocycles. The predicted octanol–water partition coefficient (Wildman–Crippen LogP) is 2.33. The molecule has 0 saturated heterocycles. The minimum atomic E-state index is -0.137. The van der Waals surface area contributed by atoms with Gasteiger partial charge in [0.2, 0.25) is 0 Å². The van der Waals surface area contributed by atoms with Crippen LogP contribution in [0.25, 0.3) is 0 Å². The van der Waals surface area contributed by atoms with Gasteiger partial charge in [-0.2, -0.15) is 0 Å². The van der Waals surface area contributed by atoms with Gasteiger partial charge in [0, 0.05) is 18.3 Å². The summed E-state index contributed by atoms with van der Waals surface area (Å²) in [4.78, 5) is 16.1. The summed E-state index contributed by atoms with van der Waals surface area (Å²) in [6.45, 7) is 4.00. The highest BCUT2D eigenvalue weighted by molar-refractivity contribution is 5.92. The molecule has 0 aliphatic heterocycles. The van der Waals surface area contributed by atoms with E-state index < -0.39 is 0 Å². The fourth-order valence-corrected chi connectivity index (χ4v) is 2.38. The Kier molecular flexibility index (Phi) is 5.67. The third kappa shape index (κ3) is 4.97. The van der Waals surface area contributed by atoms with Gasteiger partial charge in [0.15, 0.2) is 0 Å². The van der Waals surface area contributed by atoms with Crippen LogP contribution in [0.4, 0.5) is 0 Å². The zero-order valence-corrected chi connectivity index (χ0v) is 13.1. The Labute approximate surface area is 131 Å². The monoisotopic (exact) mass is 297 g/mol. The van der Waals surface area contributed by atoms with Gasteiger partial charge in [-0.1, -0.05) is 30.3 Å². The predicted molar refractivity (Wildman–Crippen MR) is 88.7 cm³/mol. The molecule has 0 unspecified atom stereocenters. The van der Waals surface area contributed by atoms with E-state index in [1.165, 1.54) is 11.1 Å². The summed E-state index contributed by atoms with van der Waals surface area (Å²) in [6, 6.07) is 13.9. The lowest BCUT2D eigenvalue weighted by Gasteiger charge is -2.14. The molecular weight excluding hydrogens is 274 g/mol. The molecule has 4 nitrogen and oxygen atoms in total. The number of rotatable bonds is 6. The maximum absolute atomic E-state index is 12.0. The van der Waals surface area contributed by atoms with Crippen molar-refractivity contribution < 1.29 is 4.79 Å². The molecule has 2 aromatic rings. The summed E-state index contributed by atoms with van der Waals surface area (Å²) in [6.07, 6.45) is 3.29. The molecule has 0 aliphatic carbocycles. The maximum Gasteiger partial charge on any atom is 0.270 e. The van der Waals surface area contributed by atoms with Crippen LogP contribution in [-0.4, -0.2) is 23.0 Å². The molecule has 2 atom stereocenters. The van der Waals surface area contributed by atoms with Gasteiger partial charge < -0.3 is 11.1 Å². The summed E-state index contributed by atoms with van der Waals surface area (Å²) in [5, 5.41) is 2.97. The molecule has 0 fully saturated rings. The van der Waals surface area contributed by atoms with E-state index in [1.54, 1.807) is 18.3 Å². The quantitative estimate of drug-likeness (QED) is 0.860. The van der Waals surface area contributed by atoms with Crippen LogP contribution in [0.2, 0.25) is 0 Å². The van der Waals surface area contributed by atoms with Crippen LogP contribution in [0.15, 0.2) is 48.7 Å². The minimum Gasteiger partial charge on any atom is -0.348 e. The van der Waals surface area contributed by atoms with E-state index >= 15 is 0 Å². The average molecular weight is 297 g/mol. The van der Waals surface area contributed by atoms with Crippen molar-refractivity contribution in [3.8, 4) is 0 Å². The van der Waals surface area contributed by atoms with Gasteiger partial charge in [-0.25, -0.2) is 0 Å². The second kappa shape index (κ2) is 7.71. The zero-order chi connectivity index (χ0) is 15.9. The number of aromatic nitrogens is 1. The van der Waals surface area contributed by atoms with Gasteiger partial charge in [-0.3, -0.25) is 9.78 Å². The van der Waals surface area contributed by atoms with Crippen molar-refractivity contribution in [1.82, 2.24) is 10.3 Å². The first-order valence-electron chi connectivity index (χ1n) is 7.60. The topological polar surface area (TPSA) is 68.0 Å². The highest BCUT2D eigenvalue weighted by atomic mass is 16.1. The van der Waals surface area contributed by atoms with Gasteiger partial charge in [0.25, 0.3) is 5.91 Å². The largest absolute Gasteiger partial charge is 0.348 e. The zero-order valence-electron chi connectivity index (χ0n) is 13.1. The summed E-state index contributed by atoms with van der Waals surface area (Å²) in [5.74, 6) is -0.137. The number of benzene rings is 1. The second-order valence-electron chi connectivity index (χ2n) is 5.79. The first kappa shape index (κ1) is 16.2. The normalized spacial score (nSPS) is 13.4. The molecule has 0 aliphatic rings. The van der Waals surface area contributed by atoms with E-state index in [0.717, 1.165) is 12.8 Å². The molecule has 4 heteroatoms. The summed E-state index contributed by atoms with van der Waals surface area (Å²) < 4.78 is 0. The number of hydrogen-bond donors (Lipinski definition) is 2. The Morgan fingerprint density at radius 2 is 1.73 bits per heavy atom. The van der Waals surface area contributed by atoms with Crippen LogP contribution in [0.1, 0.15) is 35.5 Å². The van der Waals surface area contributed by atoms with E-state index in [2.05, 4.69) is 34.6 Å². The van der Waals surface area contributed by atoms with Crippen LogP contribution >= 0.6 is 0 Å². The number of nitrogens with two attached hydrogens (primary N) is 1. The Morgan fingerprint density at radius 3 is 2.27 bits per heavy atom. The molecular formula is C18H23N3O. The molecule has 22 heavy (non-hydrogen) atoms. The van der Waals surface area contributed by atoms with Crippen molar-refractivity contribution in [2.75, 3.05) is 0 Å². The van der Waals surface area contributed by atoms with E-state index in [1.807, 2.05) is 19.9 Å². The van der Waals surface area contributed by atoms with Crippen LogP contribution < -0.4 is 11.1 Å². The number of amides is 1. The molecule has 0 spiro atoms. The Hall–Kier alpha value is -2.20. The number of hydrogen-bond acceptors (Lipinski definition) is 3. The van der Waals surface area contributed by atoms with Gasteiger partial charge in [-0.05, 0) is 49.9 Å². The van der Waals surface area contributed by atoms with Crippen LogP contribution in [0.5, 0.6) is 0 Å². The Balaban J connectivity index is 1.89. The summed E-state index contributed by atoms with van der Waals surface area (Å²) in [5.41, 5.74) is 8.68. The average Bonchev–Trinajstić information content (AvgIpc) is 2.49. The van der Waals surface area contributed by atoms with Crippen molar-refractivity contribution >= 4 is 5.91 Å². The van der Waals surface area contributed by atoms with Gasteiger partial charge in [0.1, 0.15) is 5.69 Å². The molecule has 2 rings (SSSR count). The van der Waals surface area contributed by atoms with E-state index in [0.29, 0.717) is 5.69 Å². The number of nitrogens with one attached hydrogen (secondary N) is 1. The smallest absolute Gasteiger partial charge is 0.270 e. The van der Waals surface area contributed by atoms with Crippen molar-refractivity contribution in [3.63, 3.8) is 0 Å². The molecule has 1 aromatic heterocycles. The van der Waals surface area contributed by atoms with Crippen molar-refractivity contribution in [1.29, 1.82) is 0 Å². The highest BCUT2D eigenvalue weighted by Gasteiger charge is 2.11. The number of pyridine rings is 1. The number of nitrogens with zero attached hydrogens (tertiary/aromatic N) is 1. The molecule has 1 heterocycles. The van der Waals surface area contributed by atoms with Gasteiger partial charge in [-0.15, -0.1) is 0 Å². The SMILES string of the molecule is C[C@H](N)Cc1ccc(C[C@H](C)NC(=O)c2ccccn2)cc1. The van der Waals surface area contributed by atoms with Crippen molar-refractivity contribution in [2.45, 2.75) is 38.8 Å². The Morgan fingerprint density at radius 1 is 1.09 bits per heavy atom. The highest BCUT2D eigenvalue weighted by Crippen LogP contribution is 2.09. The van der Waals surface area contributed by atoms with Crippen LogP contribution in [-0.2, 0) is 12.8 Å². The number of carbonyl (C=O) groups excluding carboxylic acids is 1. The lowest BCUT2D eigenvalue weighted by Crippen LogP contribution is -2.34. The van der Waals surface area contributed by atoms with E-state index in [-0.39, 0.29) is 18.0 Å². The second-order valence-corrected chi connectivity index (χ2v) is 5.79. The lowest BCUT2D eigenvalue weighted by atomic mass is 10.0. The third-order valence-corrected chi connectivity index (χ3v) is 3.40. The minimum absolute atomic E-state index is 0.0498. The molecule has 1 aromatic carbocycles. The van der Waals surface area contributed by atoms with Crippen LogP contribution in [0, 0.1) is 0 Å². The lowest BCUT2D eigenvalue weighted by molar-refractivity contribution is 0.0935. The number of carbonyl (C=O) groups is 1. The molecule has 1 amide bonds. The fraction of sp³-hybridized carbons (Fsp3) is 0.333. The first-order valence-corrected chi connectivity index (χ1v) is 7.60. The summed E-state index contributed by atoms with van der Waals surface area (Å²) in [7, 11) is 0. The molecule has 0 radical (unpaired) electrons.